The molecule has 6 heteroatoms. The summed E-state index contributed by atoms with van der Waals surface area (Å²) < 4.78 is 0. The Morgan fingerprint density at radius 3 is 2.29 bits per heavy atom. The zero-order valence-electron chi connectivity index (χ0n) is 13.3. The van der Waals surface area contributed by atoms with Crippen LogP contribution in [0.25, 0.3) is 0 Å². The van der Waals surface area contributed by atoms with Crippen molar-refractivity contribution in [1.29, 1.82) is 0 Å². The highest BCUT2D eigenvalue weighted by Gasteiger charge is 2.32. The maximum absolute atomic E-state index is 11.7. The van der Waals surface area contributed by atoms with E-state index in [4.69, 9.17) is 5.73 Å². The first-order valence-electron chi connectivity index (χ1n) is 8.02. The summed E-state index contributed by atoms with van der Waals surface area (Å²) in [6, 6.07) is 0.515. The number of carbonyl (C=O) groups excluding carboxylic acids is 2. The third-order valence-electron chi connectivity index (χ3n) is 4.92. The van der Waals surface area contributed by atoms with Crippen LogP contribution in [0.1, 0.15) is 26.7 Å². The fourth-order valence-electron chi connectivity index (χ4n) is 3.44. The monoisotopic (exact) mass is 296 g/mol. The molecule has 2 fully saturated rings. The van der Waals surface area contributed by atoms with Crippen molar-refractivity contribution in [2.45, 2.75) is 32.7 Å². The molecule has 0 saturated carbocycles. The third kappa shape index (κ3) is 4.17. The second-order valence-electron chi connectivity index (χ2n) is 6.22. The molecule has 1 atom stereocenters. The van der Waals surface area contributed by atoms with Crippen molar-refractivity contribution in [3.8, 4) is 0 Å². The Morgan fingerprint density at radius 1 is 1.10 bits per heavy atom. The van der Waals surface area contributed by atoms with E-state index < -0.39 is 0 Å². The van der Waals surface area contributed by atoms with E-state index in [1.165, 1.54) is 0 Å². The largest absolute Gasteiger partial charge is 0.369 e. The van der Waals surface area contributed by atoms with Crippen molar-refractivity contribution in [1.82, 2.24) is 14.7 Å². The molecule has 0 bridgehead atoms. The molecule has 0 spiro atoms. The Kier molecular flexibility index (Phi) is 5.58. The zero-order valence-corrected chi connectivity index (χ0v) is 13.3. The summed E-state index contributed by atoms with van der Waals surface area (Å²) in [5.74, 6) is -0.511. The number of likely N-dealkylation sites (tertiary alicyclic amines) is 1. The molecule has 2 aliphatic heterocycles. The van der Waals surface area contributed by atoms with Gasteiger partial charge >= 0.3 is 0 Å². The number of hydrogen-bond donors (Lipinski definition) is 1. The second-order valence-corrected chi connectivity index (χ2v) is 6.22. The van der Waals surface area contributed by atoms with Crippen molar-refractivity contribution < 1.29 is 9.59 Å². The van der Waals surface area contributed by atoms with E-state index in [2.05, 4.69) is 16.7 Å². The molecule has 21 heavy (non-hydrogen) atoms. The molecule has 0 unspecified atom stereocenters. The van der Waals surface area contributed by atoms with Gasteiger partial charge in [-0.25, -0.2) is 0 Å². The maximum Gasteiger partial charge on any atom is 0.223 e. The third-order valence-corrected chi connectivity index (χ3v) is 4.92. The zero-order chi connectivity index (χ0) is 15.4. The van der Waals surface area contributed by atoms with Gasteiger partial charge in [-0.15, -0.1) is 0 Å². The molecular formula is C15H28N4O2. The lowest BCUT2D eigenvalue weighted by atomic mass is 10.0. The second kappa shape index (κ2) is 7.22. The van der Waals surface area contributed by atoms with Gasteiger partial charge < -0.3 is 15.5 Å². The van der Waals surface area contributed by atoms with Crippen LogP contribution in [-0.4, -0.2) is 78.4 Å². The minimum Gasteiger partial charge on any atom is -0.369 e. The predicted molar refractivity (Wildman–Crippen MR) is 81.6 cm³/mol. The first-order valence-corrected chi connectivity index (χ1v) is 8.02. The van der Waals surface area contributed by atoms with E-state index in [0.717, 1.165) is 39.0 Å². The molecule has 2 heterocycles. The number of carbonyl (C=O) groups is 2. The highest BCUT2D eigenvalue weighted by molar-refractivity contribution is 5.79. The van der Waals surface area contributed by atoms with Gasteiger partial charge in [0.05, 0.1) is 5.92 Å². The minimum absolute atomic E-state index is 0.0314. The average molecular weight is 296 g/mol. The minimum atomic E-state index is -0.292. The number of amides is 2. The van der Waals surface area contributed by atoms with Gasteiger partial charge in [0.2, 0.25) is 11.8 Å². The van der Waals surface area contributed by atoms with E-state index in [9.17, 15) is 9.59 Å². The molecule has 6 nitrogen and oxygen atoms in total. The Morgan fingerprint density at radius 2 is 1.76 bits per heavy atom. The fraction of sp³-hybridized carbons (Fsp3) is 0.867. The molecule has 2 amide bonds. The van der Waals surface area contributed by atoms with E-state index in [-0.39, 0.29) is 17.7 Å². The van der Waals surface area contributed by atoms with Crippen molar-refractivity contribution >= 4 is 11.8 Å². The number of nitrogens with zero attached hydrogens (tertiary/aromatic N) is 3. The highest BCUT2D eigenvalue weighted by Crippen LogP contribution is 2.20. The van der Waals surface area contributed by atoms with Crippen LogP contribution in [-0.2, 0) is 9.59 Å². The van der Waals surface area contributed by atoms with E-state index >= 15 is 0 Å². The molecular weight excluding hydrogens is 268 g/mol. The highest BCUT2D eigenvalue weighted by atomic mass is 16.2. The van der Waals surface area contributed by atoms with Crippen molar-refractivity contribution in [2.24, 2.45) is 11.7 Å². The Balaban J connectivity index is 1.99. The van der Waals surface area contributed by atoms with Gasteiger partial charge in [-0.05, 0) is 32.5 Å². The summed E-state index contributed by atoms with van der Waals surface area (Å²) >= 11 is 0. The van der Waals surface area contributed by atoms with Gasteiger partial charge in [0.1, 0.15) is 0 Å². The number of piperidine rings is 1. The van der Waals surface area contributed by atoms with Crippen LogP contribution >= 0.6 is 0 Å². The van der Waals surface area contributed by atoms with E-state index in [1.54, 1.807) is 11.8 Å². The smallest absolute Gasteiger partial charge is 0.223 e. The van der Waals surface area contributed by atoms with Gasteiger partial charge in [-0.1, -0.05) is 6.92 Å². The molecule has 0 aliphatic carbocycles. The number of hydrogen-bond acceptors (Lipinski definition) is 4. The molecule has 0 aromatic rings. The molecule has 2 aliphatic rings. The van der Waals surface area contributed by atoms with Crippen LogP contribution in [0.4, 0.5) is 0 Å². The normalized spacial score (nSPS) is 26.6. The summed E-state index contributed by atoms with van der Waals surface area (Å²) in [6.07, 6.45) is 2.28. The number of primary amides is 1. The summed E-state index contributed by atoms with van der Waals surface area (Å²) in [7, 11) is 0. The van der Waals surface area contributed by atoms with Crippen molar-refractivity contribution in [3.63, 3.8) is 0 Å². The first-order chi connectivity index (χ1) is 10.0. The Labute approximate surface area is 127 Å². The van der Waals surface area contributed by atoms with Crippen LogP contribution in [0.2, 0.25) is 0 Å². The lowest BCUT2D eigenvalue weighted by Crippen LogP contribution is -2.47. The van der Waals surface area contributed by atoms with Crippen molar-refractivity contribution in [2.75, 3.05) is 45.8 Å². The Bertz CT molecular complexity index is 380. The molecule has 0 radical (unpaired) electrons. The lowest BCUT2D eigenvalue weighted by molar-refractivity contribution is -0.130. The number of nitrogens with two attached hydrogens (primary N) is 1. The molecule has 0 aromatic carbocycles. The summed E-state index contributed by atoms with van der Waals surface area (Å²) in [4.78, 5) is 29.9. The average Bonchev–Trinajstić information content (AvgIpc) is 2.70. The molecule has 2 rings (SSSR count). The van der Waals surface area contributed by atoms with Crippen LogP contribution in [0.15, 0.2) is 0 Å². The maximum atomic E-state index is 11.7. The topological polar surface area (TPSA) is 69.9 Å². The predicted octanol–water partition coefficient (Wildman–Crippen LogP) is -0.264. The quantitative estimate of drug-likeness (QED) is 0.779. The number of rotatable bonds is 3. The van der Waals surface area contributed by atoms with E-state index in [1.807, 2.05) is 0 Å². The summed E-state index contributed by atoms with van der Waals surface area (Å²) in [5, 5.41) is 0. The summed E-state index contributed by atoms with van der Waals surface area (Å²) in [5.41, 5.74) is 5.52. The van der Waals surface area contributed by atoms with Gasteiger partial charge in [-0.3, -0.25) is 14.5 Å². The standard InChI is InChI=1S/C15H28N4O2/c1-3-17-6-4-14(5-7-17)19-9-8-18(12(2)20)10-13(11-19)15(16)21/h13-14H,3-11H2,1-2H3,(H2,16,21)/t13-/m1/s1. The SMILES string of the molecule is CCN1CCC(N2CCN(C(C)=O)C[C@@H](C(N)=O)C2)CC1. The van der Waals surface area contributed by atoms with Gasteiger partial charge in [0.25, 0.3) is 0 Å². The van der Waals surface area contributed by atoms with Gasteiger partial charge in [0, 0.05) is 39.1 Å². The lowest BCUT2D eigenvalue weighted by Gasteiger charge is -2.38. The van der Waals surface area contributed by atoms with Crippen LogP contribution < -0.4 is 5.73 Å². The van der Waals surface area contributed by atoms with Gasteiger partial charge in [0.15, 0.2) is 0 Å². The van der Waals surface area contributed by atoms with E-state index in [0.29, 0.717) is 25.7 Å². The van der Waals surface area contributed by atoms with Crippen molar-refractivity contribution in [3.05, 3.63) is 0 Å². The van der Waals surface area contributed by atoms with Crippen LogP contribution in [0.3, 0.4) is 0 Å². The fourth-order valence-corrected chi connectivity index (χ4v) is 3.44. The van der Waals surface area contributed by atoms with Gasteiger partial charge in [-0.2, -0.15) is 0 Å². The Hall–Kier alpha value is -1.14. The van der Waals surface area contributed by atoms with Crippen LogP contribution in [0, 0.1) is 5.92 Å². The molecule has 0 aromatic heterocycles. The molecule has 2 saturated heterocycles. The molecule has 120 valence electrons. The molecule has 2 N–H and O–H groups in total. The summed E-state index contributed by atoms with van der Waals surface area (Å²) in [6.45, 7) is 9.81. The van der Waals surface area contributed by atoms with Crippen LogP contribution in [0.5, 0.6) is 0 Å². The first kappa shape index (κ1) is 16.2.